The van der Waals surface area contributed by atoms with E-state index in [4.69, 9.17) is 4.74 Å². The van der Waals surface area contributed by atoms with Gasteiger partial charge in [-0.1, -0.05) is 0 Å². The molecule has 0 saturated carbocycles. The number of amides is 1. The molecule has 6 heteroatoms. The average Bonchev–Trinajstić information content (AvgIpc) is 2.47. The van der Waals surface area contributed by atoms with E-state index in [9.17, 15) is 14.3 Å². The minimum Gasteiger partial charge on any atom is -0.450 e. The molecule has 0 atom stereocenters. The summed E-state index contributed by atoms with van der Waals surface area (Å²) < 4.78 is 18.1. The SMILES string of the molecule is CCOC(=O)N1CCN(c2ccc(F)cc2CO)CC1. The van der Waals surface area contributed by atoms with E-state index >= 15 is 0 Å². The molecule has 1 amide bonds. The number of hydrogen-bond donors (Lipinski definition) is 1. The molecule has 0 spiro atoms. The molecule has 0 radical (unpaired) electrons. The number of carbonyl (C=O) groups is 1. The van der Waals surface area contributed by atoms with E-state index in [0.717, 1.165) is 5.69 Å². The highest BCUT2D eigenvalue weighted by Crippen LogP contribution is 2.23. The van der Waals surface area contributed by atoms with Gasteiger partial charge in [-0.25, -0.2) is 9.18 Å². The predicted octanol–water partition coefficient (Wildman–Crippen LogP) is 1.60. The number of halogens is 1. The van der Waals surface area contributed by atoms with Gasteiger partial charge in [0.25, 0.3) is 0 Å². The minimum absolute atomic E-state index is 0.203. The van der Waals surface area contributed by atoms with Crippen molar-refractivity contribution in [1.82, 2.24) is 4.90 Å². The normalized spacial score (nSPS) is 15.3. The topological polar surface area (TPSA) is 53.0 Å². The Bertz CT molecular complexity index is 473. The number of aliphatic hydroxyl groups is 1. The van der Waals surface area contributed by atoms with Gasteiger partial charge in [0.05, 0.1) is 13.2 Å². The van der Waals surface area contributed by atoms with Gasteiger partial charge in [-0.2, -0.15) is 0 Å². The van der Waals surface area contributed by atoms with Gasteiger partial charge in [-0.3, -0.25) is 0 Å². The molecule has 1 aromatic carbocycles. The summed E-state index contributed by atoms with van der Waals surface area (Å²) in [6.07, 6.45) is -0.298. The quantitative estimate of drug-likeness (QED) is 0.915. The lowest BCUT2D eigenvalue weighted by molar-refractivity contribution is 0.105. The van der Waals surface area contributed by atoms with Crippen molar-refractivity contribution in [3.8, 4) is 0 Å². The van der Waals surface area contributed by atoms with E-state index in [2.05, 4.69) is 0 Å². The third-order valence-corrected chi connectivity index (χ3v) is 3.36. The van der Waals surface area contributed by atoms with Crippen LogP contribution in [0.3, 0.4) is 0 Å². The van der Waals surface area contributed by atoms with Crippen LogP contribution in [0.5, 0.6) is 0 Å². The Morgan fingerprint density at radius 1 is 1.35 bits per heavy atom. The summed E-state index contributed by atoms with van der Waals surface area (Å²) in [6.45, 7) is 4.33. The van der Waals surface area contributed by atoms with Crippen molar-refractivity contribution < 1.29 is 19.0 Å². The molecule has 1 N–H and O–H groups in total. The number of piperazine rings is 1. The maximum Gasteiger partial charge on any atom is 0.409 e. The van der Waals surface area contributed by atoms with Gasteiger partial charge in [0.1, 0.15) is 5.82 Å². The van der Waals surface area contributed by atoms with Crippen LogP contribution in [0.1, 0.15) is 12.5 Å². The first-order valence-electron chi connectivity index (χ1n) is 6.71. The molecule has 2 rings (SSSR count). The van der Waals surface area contributed by atoms with Crippen LogP contribution in [0.15, 0.2) is 18.2 Å². The Morgan fingerprint density at radius 2 is 2.05 bits per heavy atom. The molecule has 110 valence electrons. The summed E-state index contributed by atoms with van der Waals surface area (Å²) >= 11 is 0. The monoisotopic (exact) mass is 282 g/mol. The van der Waals surface area contributed by atoms with Crippen LogP contribution in [-0.2, 0) is 11.3 Å². The Labute approximate surface area is 117 Å². The fourth-order valence-corrected chi connectivity index (χ4v) is 2.33. The summed E-state index contributed by atoms with van der Waals surface area (Å²) in [5, 5.41) is 9.31. The molecule has 0 unspecified atom stereocenters. The highest BCUT2D eigenvalue weighted by atomic mass is 19.1. The second-order valence-electron chi connectivity index (χ2n) is 4.60. The number of nitrogens with zero attached hydrogens (tertiary/aromatic N) is 2. The van der Waals surface area contributed by atoms with Crippen LogP contribution in [0.25, 0.3) is 0 Å². The van der Waals surface area contributed by atoms with Crippen molar-refractivity contribution in [2.45, 2.75) is 13.5 Å². The smallest absolute Gasteiger partial charge is 0.409 e. The number of hydrogen-bond acceptors (Lipinski definition) is 4. The molecule has 1 aliphatic heterocycles. The van der Waals surface area contributed by atoms with Crippen LogP contribution in [0.2, 0.25) is 0 Å². The summed E-state index contributed by atoms with van der Waals surface area (Å²) in [5.41, 5.74) is 1.38. The molecule has 1 fully saturated rings. The fourth-order valence-electron chi connectivity index (χ4n) is 2.33. The summed E-state index contributed by atoms with van der Waals surface area (Å²) in [6, 6.07) is 4.39. The molecule has 0 aliphatic carbocycles. The maximum absolute atomic E-state index is 13.2. The van der Waals surface area contributed by atoms with Crippen LogP contribution < -0.4 is 4.90 Å². The molecule has 0 bridgehead atoms. The Balaban J connectivity index is 2.02. The van der Waals surface area contributed by atoms with Crippen molar-refractivity contribution in [3.63, 3.8) is 0 Å². The third kappa shape index (κ3) is 3.19. The van der Waals surface area contributed by atoms with Gasteiger partial charge in [-0.05, 0) is 25.1 Å². The molecule has 1 aliphatic rings. The maximum atomic E-state index is 13.2. The number of anilines is 1. The molecule has 1 heterocycles. The highest BCUT2D eigenvalue weighted by Gasteiger charge is 2.23. The Kier molecular flexibility index (Phi) is 4.79. The van der Waals surface area contributed by atoms with E-state index in [0.29, 0.717) is 38.3 Å². The van der Waals surface area contributed by atoms with E-state index in [1.165, 1.54) is 12.1 Å². The van der Waals surface area contributed by atoms with Crippen LogP contribution in [-0.4, -0.2) is 48.9 Å². The van der Waals surface area contributed by atoms with Gasteiger partial charge < -0.3 is 19.6 Å². The Hall–Kier alpha value is -1.82. The second kappa shape index (κ2) is 6.56. The number of aliphatic hydroxyl groups excluding tert-OH is 1. The van der Waals surface area contributed by atoms with E-state index in [-0.39, 0.29) is 18.5 Å². The van der Waals surface area contributed by atoms with Crippen LogP contribution in [0, 0.1) is 5.82 Å². The zero-order valence-corrected chi connectivity index (χ0v) is 11.5. The lowest BCUT2D eigenvalue weighted by atomic mass is 10.1. The van der Waals surface area contributed by atoms with Crippen molar-refractivity contribution >= 4 is 11.8 Å². The van der Waals surface area contributed by atoms with Crippen molar-refractivity contribution in [1.29, 1.82) is 0 Å². The van der Waals surface area contributed by atoms with Gasteiger partial charge in [0.2, 0.25) is 0 Å². The zero-order valence-electron chi connectivity index (χ0n) is 11.5. The summed E-state index contributed by atoms with van der Waals surface area (Å²) in [7, 11) is 0. The standard InChI is InChI=1S/C14H19FN2O3/c1-2-20-14(19)17-7-5-16(6-8-17)13-4-3-12(15)9-11(13)10-18/h3-4,9,18H,2,5-8,10H2,1H3. The summed E-state index contributed by atoms with van der Waals surface area (Å²) in [4.78, 5) is 15.3. The molecular weight excluding hydrogens is 263 g/mol. The first-order valence-corrected chi connectivity index (χ1v) is 6.71. The van der Waals surface area contributed by atoms with Gasteiger partial charge in [-0.15, -0.1) is 0 Å². The first-order chi connectivity index (χ1) is 9.65. The summed E-state index contributed by atoms with van der Waals surface area (Å²) in [5.74, 6) is -0.358. The van der Waals surface area contributed by atoms with Gasteiger partial charge in [0, 0.05) is 37.4 Å². The predicted molar refractivity (Wildman–Crippen MR) is 73.1 cm³/mol. The number of ether oxygens (including phenoxy) is 1. The molecule has 1 saturated heterocycles. The molecular formula is C14H19FN2O3. The molecule has 0 aromatic heterocycles. The van der Waals surface area contributed by atoms with Gasteiger partial charge >= 0.3 is 6.09 Å². The fraction of sp³-hybridized carbons (Fsp3) is 0.500. The average molecular weight is 282 g/mol. The van der Waals surface area contributed by atoms with Crippen LogP contribution in [0.4, 0.5) is 14.9 Å². The highest BCUT2D eigenvalue weighted by molar-refractivity contribution is 5.68. The molecule has 20 heavy (non-hydrogen) atoms. The van der Waals surface area contributed by atoms with Crippen LogP contribution >= 0.6 is 0 Å². The van der Waals surface area contributed by atoms with Crippen molar-refractivity contribution in [2.24, 2.45) is 0 Å². The lowest BCUT2D eigenvalue weighted by Gasteiger charge is -2.36. The van der Waals surface area contributed by atoms with Gasteiger partial charge in [0.15, 0.2) is 0 Å². The van der Waals surface area contributed by atoms with E-state index in [1.54, 1.807) is 17.9 Å². The molecule has 1 aromatic rings. The molecule has 5 nitrogen and oxygen atoms in total. The minimum atomic E-state index is -0.358. The third-order valence-electron chi connectivity index (χ3n) is 3.36. The first kappa shape index (κ1) is 14.6. The largest absolute Gasteiger partial charge is 0.450 e. The van der Waals surface area contributed by atoms with Crippen molar-refractivity contribution in [3.05, 3.63) is 29.6 Å². The number of carbonyl (C=O) groups excluding carboxylic acids is 1. The Morgan fingerprint density at radius 3 is 2.65 bits per heavy atom. The van der Waals surface area contributed by atoms with E-state index < -0.39 is 0 Å². The lowest BCUT2D eigenvalue weighted by Crippen LogP contribution is -2.49. The zero-order chi connectivity index (χ0) is 14.5. The van der Waals surface area contributed by atoms with Crippen molar-refractivity contribution in [2.75, 3.05) is 37.7 Å². The van der Waals surface area contributed by atoms with E-state index in [1.807, 2.05) is 4.90 Å². The number of rotatable bonds is 3. The number of benzene rings is 1. The second-order valence-corrected chi connectivity index (χ2v) is 4.60.